The number of hydrogen-bond donors (Lipinski definition) is 1. The van der Waals surface area contributed by atoms with Gasteiger partial charge in [-0.25, -0.2) is 4.39 Å². The molecule has 12 heavy (non-hydrogen) atoms. The highest BCUT2D eigenvalue weighted by atomic mass is 35.5. The largest absolute Gasteiger partial charge is 0.324 e. The molecular weight excluding hydrogens is 177 g/mol. The zero-order valence-corrected chi connectivity index (χ0v) is 7.24. The molecule has 1 unspecified atom stereocenters. The molecule has 3 heteroatoms. The van der Waals surface area contributed by atoms with E-state index in [0.29, 0.717) is 5.02 Å². The van der Waals surface area contributed by atoms with E-state index >= 15 is 0 Å². The van der Waals surface area contributed by atoms with E-state index in [1.54, 1.807) is 6.07 Å². The maximum absolute atomic E-state index is 13.2. The quantitative estimate of drug-likeness (QED) is 0.660. The van der Waals surface area contributed by atoms with Gasteiger partial charge in [0.15, 0.2) is 0 Å². The lowest BCUT2D eigenvalue weighted by atomic mass is 10.1. The molecule has 1 nitrogen and oxygen atoms in total. The Balaban J connectivity index is 2.60. The van der Waals surface area contributed by atoms with E-state index in [4.69, 9.17) is 17.3 Å². The van der Waals surface area contributed by atoms with Crippen LogP contribution in [0.15, 0.2) is 12.1 Å². The summed E-state index contributed by atoms with van der Waals surface area (Å²) in [6.07, 6.45) is 1.56. The van der Waals surface area contributed by atoms with Crippen molar-refractivity contribution in [2.75, 3.05) is 0 Å². The highest BCUT2D eigenvalue weighted by molar-refractivity contribution is 6.30. The zero-order chi connectivity index (χ0) is 8.72. The first-order chi connectivity index (χ1) is 5.68. The summed E-state index contributed by atoms with van der Waals surface area (Å²) in [4.78, 5) is 0. The lowest BCUT2D eigenvalue weighted by molar-refractivity contribution is 0.612. The summed E-state index contributed by atoms with van der Waals surface area (Å²) in [5.74, 6) is -0.217. The number of hydrogen-bond acceptors (Lipinski definition) is 1. The first kappa shape index (κ1) is 8.02. The molecule has 0 heterocycles. The summed E-state index contributed by atoms with van der Waals surface area (Å²) in [6.45, 7) is 0. The second-order valence-corrected chi connectivity index (χ2v) is 3.54. The summed E-state index contributed by atoms with van der Waals surface area (Å²) in [5, 5.41) is 0.434. The van der Waals surface area contributed by atoms with Gasteiger partial charge < -0.3 is 5.73 Å². The third kappa shape index (κ3) is 1.11. The Bertz CT molecular complexity index is 325. The van der Waals surface area contributed by atoms with Crippen LogP contribution in [0, 0.1) is 5.82 Å². The topological polar surface area (TPSA) is 26.0 Å². The first-order valence-corrected chi connectivity index (χ1v) is 4.29. The lowest BCUT2D eigenvalue weighted by Gasteiger charge is -2.05. The van der Waals surface area contributed by atoms with E-state index in [-0.39, 0.29) is 11.9 Å². The molecule has 0 radical (unpaired) electrons. The minimum Gasteiger partial charge on any atom is -0.324 e. The van der Waals surface area contributed by atoms with Gasteiger partial charge in [0.05, 0.1) is 0 Å². The predicted octanol–water partition coefficient (Wildman–Crippen LogP) is 2.43. The smallest absolute Gasteiger partial charge is 0.128 e. The van der Waals surface area contributed by atoms with Crippen LogP contribution in [0.2, 0.25) is 5.02 Å². The molecule has 0 spiro atoms. The van der Waals surface area contributed by atoms with E-state index in [2.05, 4.69) is 0 Å². The van der Waals surface area contributed by atoms with E-state index in [0.717, 1.165) is 24.0 Å². The van der Waals surface area contributed by atoms with Crippen LogP contribution in [0.5, 0.6) is 0 Å². The summed E-state index contributed by atoms with van der Waals surface area (Å²) < 4.78 is 13.2. The fourth-order valence-corrected chi connectivity index (χ4v) is 1.89. The third-order valence-electron chi connectivity index (χ3n) is 2.30. The second-order valence-electron chi connectivity index (χ2n) is 3.10. The van der Waals surface area contributed by atoms with Crippen LogP contribution in [-0.4, -0.2) is 0 Å². The van der Waals surface area contributed by atoms with Crippen LogP contribution in [0.3, 0.4) is 0 Å². The average molecular weight is 186 g/mol. The molecule has 1 aromatic carbocycles. The van der Waals surface area contributed by atoms with Gasteiger partial charge in [0, 0.05) is 11.1 Å². The van der Waals surface area contributed by atoms with Gasteiger partial charge in [-0.2, -0.15) is 0 Å². The number of halogens is 2. The number of fused-ring (bicyclic) bond motifs is 1. The molecule has 2 rings (SSSR count). The molecule has 1 aromatic rings. The molecule has 0 bridgehead atoms. The molecule has 0 aromatic heterocycles. The molecule has 2 N–H and O–H groups in total. The van der Waals surface area contributed by atoms with Crippen LogP contribution in [0.25, 0.3) is 0 Å². The molecule has 1 aliphatic rings. The van der Waals surface area contributed by atoms with Gasteiger partial charge in [0.2, 0.25) is 0 Å². The first-order valence-electron chi connectivity index (χ1n) is 3.92. The van der Waals surface area contributed by atoms with Crippen molar-refractivity contribution < 1.29 is 4.39 Å². The fourth-order valence-electron chi connectivity index (χ4n) is 1.67. The Kier molecular flexibility index (Phi) is 1.81. The maximum atomic E-state index is 13.2. The minimum atomic E-state index is -0.217. The number of rotatable bonds is 0. The normalized spacial score (nSPS) is 21.1. The maximum Gasteiger partial charge on any atom is 0.128 e. The van der Waals surface area contributed by atoms with Gasteiger partial charge in [0.25, 0.3) is 0 Å². The summed E-state index contributed by atoms with van der Waals surface area (Å²) in [6, 6.07) is 3.07. The predicted molar refractivity (Wildman–Crippen MR) is 46.7 cm³/mol. The molecule has 64 valence electrons. The van der Waals surface area contributed by atoms with Crippen molar-refractivity contribution in [3.05, 3.63) is 34.1 Å². The molecule has 0 aliphatic heterocycles. The Hall–Kier alpha value is -0.600. The molecule has 1 atom stereocenters. The second kappa shape index (κ2) is 2.71. The van der Waals surface area contributed by atoms with Gasteiger partial charge in [-0.05, 0) is 36.1 Å². The summed E-state index contributed by atoms with van der Waals surface area (Å²) >= 11 is 5.70. The standard InChI is InChI=1S/C9H9ClFN/c10-5-3-7-6(8(11)4-5)1-2-9(7)12/h3-4,9H,1-2,12H2. The fraction of sp³-hybridized carbons (Fsp3) is 0.333. The number of nitrogens with two attached hydrogens (primary N) is 1. The number of benzene rings is 1. The Morgan fingerprint density at radius 2 is 2.25 bits per heavy atom. The van der Waals surface area contributed by atoms with Crippen molar-refractivity contribution in [1.82, 2.24) is 0 Å². The van der Waals surface area contributed by atoms with Crippen LogP contribution in [-0.2, 0) is 6.42 Å². The van der Waals surface area contributed by atoms with Gasteiger partial charge in [-0.3, -0.25) is 0 Å². The SMILES string of the molecule is NC1CCc2c(F)cc(Cl)cc21. The lowest BCUT2D eigenvalue weighted by Crippen LogP contribution is -2.05. The Morgan fingerprint density at radius 3 is 3.00 bits per heavy atom. The van der Waals surface area contributed by atoms with Crippen molar-refractivity contribution in [1.29, 1.82) is 0 Å². The average Bonchev–Trinajstić information content (AvgIpc) is 2.33. The Labute approximate surface area is 75.3 Å². The van der Waals surface area contributed by atoms with Crippen molar-refractivity contribution >= 4 is 11.6 Å². The van der Waals surface area contributed by atoms with Gasteiger partial charge in [0.1, 0.15) is 5.82 Å². The molecule has 1 aliphatic carbocycles. The summed E-state index contributed by atoms with van der Waals surface area (Å²) in [5.41, 5.74) is 7.38. The monoisotopic (exact) mass is 185 g/mol. The zero-order valence-electron chi connectivity index (χ0n) is 6.48. The van der Waals surface area contributed by atoms with Crippen molar-refractivity contribution in [2.45, 2.75) is 18.9 Å². The van der Waals surface area contributed by atoms with Gasteiger partial charge in [-0.1, -0.05) is 11.6 Å². The minimum absolute atomic E-state index is 0.0341. The van der Waals surface area contributed by atoms with Crippen LogP contribution in [0.4, 0.5) is 4.39 Å². The van der Waals surface area contributed by atoms with E-state index in [1.807, 2.05) is 0 Å². The highest BCUT2D eigenvalue weighted by Gasteiger charge is 2.22. The van der Waals surface area contributed by atoms with E-state index in [9.17, 15) is 4.39 Å². The molecule has 0 saturated carbocycles. The Morgan fingerprint density at radius 1 is 1.50 bits per heavy atom. The van der Waals surface area contributed by atoms with Crippen LogP contribution >= 0.6 is 11.6 Å². The van der Waals surface area contributed by atoms with Crippen molar-refractivity contribution in [3.8, 4) is 0 Å². The highest BCUT2D eigenvalue weighted by Crippen LogP contribution is 2.33. The molecule has 0 saturated heterocycles. The molecule has 0 fully saturated rings. The summed E-state index contributed by atoms with van der Waals surface area (Å²) in [7, 11) is 0. The van der Waals surface area contributed by atoms with E-state index < -0.39 is 0 Å². The molecule has 0 amide bonds. The van der Waals surface area contributed by atoms with Crippen molar-refractivity contribution in [3.63, 3.8) is 0 Å². The van der Waals surface area contributed by atoms with Gasteiger partial charge in [-0.15, -0.1) is 0 Å². The van der Waals surface area contributed by atoms with Crippen LogP contribution in [0.1, 0.15) is 23.6 Å². The molecular formula is C9H9ClFN. The third-order valence-corrected chi connectivity index (χ3v) is 2.52. The van der Waals surface area contributed by atoms with Crippen molar-refractivity contribution in [2.24, 2.45) is 5.73 Å². The van der Waals surface area contributed by atoms with Crippen LogP contribution < -0.4 is 5.73 Å². The van der Waals surface area contributed by atoms with E-state index in [1.165, 1.54) is 6.07 Å². The van der Waals surface area contributed by atoms with Gasteiger partial charge >= 0.3 is 0 Å².